The first-order valence-corrected chi connectivity index (χ1v) is 10.4. The maximum absolute atomic E-state index is 13.1. The first-order chi connectivity index (χ1) is 13.0. The summed E-state index contributed by atoms with van der Waals surface area (Å²) in [7, 11) is 0. The summed E-state index contributed by atoms with van der Waals surface area (Å²) in [4.78, 5) is 21.8. The average molecular weight is 383 g/mol. The smallest absolute Gasteiger partial charge is 0.255 e. The van der Waals surface area contributed by atoms with Crippen molar-refractivity contribution in [3.8, 4) is 0 Å². The van der Waals surface area contributed by atoms with E-state index in [9.17, 15) is 4.79 Å². The van der Waals surface area contributed by atoms with Crippen LogP contribution in [0.2, 0.25) is 0 Å². The SMILES string of the molecule is Cc1csc(/C2=C/C(=O)N3C=C(N4CCN[C@@H](C)C4)C=C/C3=C\CC2C)n1. The lowest BCUT2D eigenvalue weighted by Crippen LogP contribution is -2.48. The lowest BCUT2D eigenvalue weighted by Gasteiger charge is -2.36. The highest BCUT2D eigenvalue weighted by Crippen LogP contribution is 2.32. The molecule has 2 atom stereocenters. The number of allylic oxidation sites excluding steroid dienone is 4. The van der Waals surface area contributed by atoms with E-state index in [-0.39, 0.29) is 11.8 Å². The number of hydrogen-bond acceptors (Lipinski definition) is 5. The van der Waals surface area contributed by atoms with E-state index in [2.05, 4.69) is 47.3 Å². The van der Waals surface area contributed by atoms with Crippen molar-refractivity contribution in [2.24, 2.45) is 5.92 Å². The second kappa shape index (κ2) is 7.44. The van der Waals surface area contributed by atoms with E-state index in [1.807, 2.05) is 18.5 Å². The van der Waals surface area contributed by atoms with Gasteiger partial charge in [-0.15, -0.1) is 11.3 Å². The second-order valence-electron chi connectivity index (χ2n) is 7.56. The molecule has 1 unspecified atom stereocenters. The van der Waals surface area contributed by atoms with Crippen molar-refractivity contribution in [1.29, 1.82) is 0 Å². The van der Waals surface area contributed by atoms with Gasteiger partial charge in [0.15, 0.2) is 0 Å². The van der Waals surface area contributed by atoms with Gasteiger partial charge in [0.1, 0.15) is 5.01 Å². The Morgan fingerprint density at radius 1 is 1.26 bits per heavy atom. The number of carbonyl (C=O) groups is 1. The third-order valence-electron chi connectivity index (χ3n) is 5.29. The molecule has 6 heteroatoms. The van der Waals surface area contributed by atoms with Gasteiger partial charge in [0.05, 0.1) is 5.70 Å². The largest absolute Gasteiger partial charge is 0.368 e. The van der Waals surface area contributed by atoms with Gasteiger partial charge in [-0.05, 0) is 43.9 Å². The number of rotatable bonds is 2. The maximum atomic E-state index is 13.1. The van der Waals surface area contributed by atoms with E-state index in [0.717, 1.165) is 53.7 Å². The molecular weight excluding hydrogens is 356 g/mol. The highest BCUT2D eigenvalue weighted by molar-refractivity contribution is 7.10. The molecule has 4 heterocycles. The van der Waals surface area contributed by atoms with Crippen molar-refractivity contribution in [3.63, 3.8) is 0 Å². The van der Waals surface area contributed by atoms with Gasteiger partial charge in [0.2, 0.25) is 0 Å². The highest BCUT2D eigenvalue weighted by atomic mass is 32.1. The lowest BCUT2D eigenvalue weighted by molar-refractivity contribution is -0.122. The summed E-state index contributed by atoms with van der Waals surface area (Å²) in [6, 6.07) is 0.452. The van der Waals surface area contributed by atoms with Crippen LogP contribution < -0.4 is 5.32 Å². The zero-order chi connectivity index (χ0) is 19.0. The molecule has 1 amide bonds. The van der Waals surface area contributed by atoms with Crippen LogP contribution in [-0.2, 0) is 4.79 Å². The summed E-state index contributed by atoms with van der Waals surface area (Å²) in [5, 5.41) is 6.46. The average Bonchev–Trinajstić information content (AvgIpc) is 3.09. The van der Waals surface area contributed by atoms with Gasteiger partial charge in [-0.3, -0.25) is 9.69 Å². The Hall–Kier alpha value is -2.18. The van der Waals surface area contributed by atoms with Crippen LogP contribution in [0.3, 0.4) is 0 Å². The van der Waals surface area contributed by atoms with Crippen LogP contribution >= 0.6 is 11.3 Å². The van der Waals surface area contributed by atoms with Crippen molar-refractivity contribution in [2.75, 3.05) is 19.6 Å². The first kappa shape index (κ1) is 18.2. The molecule has 0 bridgehead atoms. The van der Waals surface area contributed by atoms with Crippen LogP contribution in [0.25, 0.3) is 5.57 Å². The predicted octanol–water partition coefficient (Wildman–Crippen LogP) is 3.29. The Kier molecular flexibility index (Phi) is 5.02. The molecule has 0 saturated carbocycles. The fourth-order valence-electron chi connectivity index (χ4n) is 3.74. The monoisotopic (exact) mass is 382 g/mol. The predicted molar refractivity (Wildman–Crippen MR) is 110 cm³/mol. The van der Waals surface area contributed by atoms with Gasteiger partial charge < -0.3 is 10.2 Å². The summed E-state index contributed by atoms with van der Waals surface area (Å²) in [5.41, 5.74) is 4.10. The molecule has 5 nitrogen and oxygen atoms in total. The Morgan fingerprint density at radius 3 is 2.81 bits per heavy atom. The van der Waals surface area contributed by atoms with E-state index in [4.69, 9.17) is 0 Å². The number of nitrogens with zero attached hydrogens (tertiary/aromatic N) is 3. The number of hydrogen-bond donors (Lipinski definition) is 1. The minimum absolute atomic E-state index is 0.000635. The summed E-state index contributed by atoms with van der Waals surface area (Å²) >= 11 is 1.62. The summed E-state index contributed by atoms with van der Waals surface area (Å²) in [5.74, 6) is 0.266. The molecule has 142 valence electrons. The molecule has 0 aliphatic carbocycles. The molecule has 0 aromatic carbocycles. The van der Waals surface area contributed by atoms with E-state index < -0.39 is 0 Å². The van der Waals surface area contributed by atoms with Crippen molar-refractivity contribution in [1.82, 2.24) is 20.1 Å². The van der Waals surface area contributed by atoms with E-state index in [1.165, 1.54) is 0 Å². The van der Waals surface area contributed by atoms with E-state index in [0.29, 0.717) is 6.04 Å². The van der Waals surface area contributed by atoms with Gasteiger partial charge in [0.25, 0.3) is 5.91 Å². The van der Waals surface area contributed by atoms with Gasteiger partial charge in [-0.1, -0.05) is 13.0 Å². The van der Waals surface area contributed by atoms with Gasteiger partial charge >= 0.3 is 0 Å². The molecule has 1 fully saturated rings. The number of nitrogens with one attached hydrogen (secondary N) is 1. The molecule has 1 aromatic rings. The third kappa shape index (κ3) is 3.77. The molecule has 3 aliphatic heterocycles. The van der Waals surface area contributed by atoms with Crippen molar-refractivity contribution >= 4 is 22.8 Å². The molecule has 4 rings (SSSR count). The minimum atomic E-state index is 0.000635. The van der Waals surface area contributed by atoms with Crippen LogP contribution in [0, 0.1) is 12.8 Å². The molecule has 3 aliphatic rings. The fourth-order valence-corrected chi connectivity index (χ4v) is 4.67. The Labute approximate surface area is 164 Å². The van der Waals surface area contributed by atoms with Crippen molar-refractivity contribution < 1.29 is 4.79 Å². The molecule has 1 saturated heterocycles. The Bertz CT molecular complexity index is 863. The van der Waals surface area contributed by atoms with E-state index >= 15 is 0 Å². The molecule has 0 radical (unpaired) electrons. The summed E-state index contributed by atoms with van der Waals surface area (Å²) < 4.78 is 0. The molecule has 1 aromatic heterocycles. The molecule has 27 heavy (non-hydrogen) atoms. The number of carbonyl (C=O) groups excluding carboxylic acids is 1. The molecular formula is C21H26N4OS. The number of aryl methyl sites for hydroxylation is 1. The van der Waals surface area contributed by atoms with Crippen LogP contribution in [-0.4, -0.2) is 46.4 Å². The lowest BCUT2D eigenvalue weighted by atomic mass is 9.94. The van der Waals surface area contributed by atoms with Crippen molar-refractivity contribution in [3.05, 3.63) is 58.0 Å². The number of fused-ring (bicyclic) bond motifs is 1. The third-order valence-corrected chi connectivity index (χ3v) is 6.30. The van der Waals surface area contributed by atoms with E-state index in [1.54, 1.807) is 22.3 Å². The van der Waals surface area contributed by atoms with Crippen LogP contribution in [0.1, 0.15) is 31.0 Å². The van der Waals surface area contributed by atoms with Crippen molar-refractivity contribution in [2.45, 2.75) is 33.2 Å². The zero-order valence-corrected chi connectivity index (χ0v) is 16.9. The first-order valence-electron chi connectivity index (χ1n) is 9.57. The van der Waals surface area contributed by atoms with Crippen LogP contribution in [0.15, 0.2) is 47.3 Å². The number of thiazole rings is 1. The highest BCUT2D eigenvalue weighted by Gasteiger charge is 2.26. The van der Waals surface area contributed by atoms with Gasteiger partial charge in [-0.25, -0.2) is 4.98 Å². The quantitative estimate of drug-likeness (QED) is 0.853. The standard InChI is InChI=1S/C21H26N4OS/c1-14-4-5-17-6-7-18(24-9-8-22-15(2)11-24)12-25(17)20(26)10-19(14)21-23-16(3)13-27-21/h5-7,10,12-15,22H,4,8-9,11H2,1-3H3/b17-5+,19-10+/t14?,15-/m0/s1. The number of aromatic nitrogens is 1. The fraction of sp³-hybridized carbons (Fsp3) is 0.429. The number of amides is 1. The zero-order valence-electron chi connectivity index (χ0n) is 16.1. The number of piperazine rings is 1. The summed E-state index contributed by atoms with van der Waals surface area (Å²) in [6.45, 7) is 9.23. The molecule has 1 N–H and O–H groups in total. The normalized spacial score (nSPS) is 29.9. The van der Waals surface area contributed by atoms with Crippen LogP contribution in [0.5, 0.6) is 0 Å². The Morgan fingerprint density at radius 2 is 2.07 bits per heavy atom. The topological polar surface area (TPSA) is 48.5 Å². The summed E-state index contributed by atoms with van der Waals surface area (Å²) in [6.07, 6.45) is 11.0. The molecule has 0 spiro atoms. The minimum Gasteiger partial charge on any atom is -0.368 e. The maximum Gasteiger partial charge on any atom is 0.255 e. The van der Waals surface area contributed by atoms with Gasteiger partial charge in [0, 0.05) is 54.7 Å². The second-order valence-corrected chi connectivity index (χ2v) is 8.41. The Balaban J connectivity index is 1.64. The van der Waals surface area contributed by atoms with Crippen LogP contribution in [0.4, 0.5) is 0 Å². The van der Waals surface area contributed by atoms with Gasteiger partial charge in [-0.2, -0.15) is 0 Å².